The molecule has 5 nitrogen and oxygen atoms in total. The molecule has 0 aromatic heterocycles. The Balaban J connectivity index is 1.67. The fourth-order valence-electron chi connectivity index (χ4n) is 2.52. The first-order valence-corrected chi connectivity index (χ1v) is 10.1. The molecule has 0 unspecified atom stereocenters. The molecule has 0 amide bonds. The average Bonchev–Trinajstić information content (AvgIpc) is 2.65. The van der Waals surface area contributed by atoms with Crippen LogP contribution in [0.1, 0.15) is 12.5 Å². The Kier molecular flexibility index (Phi) is 5.66. The highest BCUT2D eigenvalue weighted by molar-refractivity contribution is 7.92. The van der Waals surface area contributed by atoms with E-state index >= 15 is 0 Å². The maximum Gasteiger partial charge on any atom is 0.261 e. The summed E-state index contributed by atoms with van der Waals surface area (Å²) in [4.78, 5) is 0.240. The molecule has 3 aromatic rings. The molecule has 0 radical (unpaired) electrons. The van der Waals surface area contributed by atoms with Crippen LogP contribution in [0.25, 0.3) is 0 Å². The van der Waals surface area contributed by atoms with Crippen molar-refractivity contribution in [1.82, 2.24) is 0 Å². The van der Waals surface area contributed by atoms with Gasteiger partial charge in [-0.1, -0.05) is 17.7 Å². The summed E-state index contributed by atoms with van der Waals surface area (Å²) >= 11 is 0. The zero-order valence-electron chi connectivity index (χ0n) is 15.3. The van der Waals surface area contributed by atoms with Gasteiger partial charge < -0.3 is 10.1 Å². The van der Waals surface area contributed by atoms with Crippen LogP contribution < -0.4 is 14.8 Å². The normalized spacial score (nSPS) is 11.0. The Labute approximate surface area is 160 Å². The van der Waals surface area contributed by atoms with Gasteiger partial charge in [-0.05, 0) is 74.5 Å². The van der Waals surface area contributed by atoms with Crippen molar-refractivity contribution in [2.75, 3.05) is 16.6 Å². The van der Waals surface area contributed by atoms with Crippen molar-refractivity contribution in [2.45, 2.75) is 18.7 Å². The van der Waals surface area contributed by atoms with Crippen LogP contribution in [0.4, 0.5) is 17.1 Å². The predicted molar refractivity (Wildman–Crippen MR) is 109 cm³/mol. The molecule has 2 N–H and O–H groups in total. The first-order valence-electron chi connectivity index (χ1n) is 8.66. The monoisotopic (exact) mass is 382 g/mol. The van der Waals surface area contributed by atoms with Gasteiger partial charge >= 0.3 is 0 Å². The fraction of sp³-hybridized carbons (Fsp3) is 0.143. The van der Waals surface area contributed by atoms with Gasteiger partial charge in [-0.3, -0.25) is 4.72 Å². The van der Waals surface area contributed by atoms with E-state index in [1.54, 1.807) is 36.4 Å². The average molecular weight is 382 g/mol. The number of sulfonamides is 1. The summed E-state index contributed by atoms with van der Waals surface area (Å²) < 4.78 is 32.9. The Morgan fingerprint density at radius 3 is 1.85 bits per heavy atom. The minimum atomic E-state index is -3.60. The molecule has 140 valence electrons. The molecular formula is C21H22N2O3S. The lowest BCUT2D eigenvalue weighted by atomic mass is 10.2. The second-order valence-electron chi connectivity index (χ2n) is 6.08. The first kappa shape index (κ1) is 18.8. The Hall–Kier alpha value is -2.99. The number of hydrogen-bond acceptors (Lipinski definition) is 4. The summed E-state index contributed by atoms with van der Waals surface area (Å²) in [5.74, 6) is 0.823. The SMILES string of the molecule is CCOc1ccc(Nc2ccc(NS(=O)(=O)c3ccc(C)cc3)cc2)cc1. The summed E-state index contributed by atoms with van der Waals surface area (Å²) in [6, 6.07) is 21.5. The van der Waals surface area contributed by atoms with Crippen molar-refractivity contribution >= 4 is 27.1 Å². The smallest absolute Gasteiger partial charge is 0.261 e. The molecule has 3 aromatic carbocycles. The molecule has 0 aliphatic rings. The molecule has 6 heteroatoms. The van der Waals surface area contributed by atoms with Crippen molar-refractivity contribution < 1.29 is 13.2 Å². The molecule has 0 atom stereocenters. The highest BCUT2D eigenvalue weighted by Gasteiger charge is 2.13. The number of nitrogens with one attached hydrogen (secondary N) is 2. The minimum absolute atomic E-state index is 0.240. The van der Waals surface area contributed by atoms with E-state index in [4.69, 9.17) is 4.74 Å². The largest absolute Gasteiger partial charge is 0.494 e. The van der Waals surface area contributed by atoms with Crippen LogP contribution in [0.2, 0.25) is 0 Å². The molecule has 27 heavy (non-hydrogen) atoms. The highest BCUT2D eigenvalue weighted by atomic mass is 32.2. The molecular weight excluding hydrogens is 360 g/mol. The van der Waals surface area contributed by atoms with E-state index in [9.17, 15) is 8.42 Å². The van der Waals surface area contributed by atoms with Crippen molar-refractivity contribution in [3.05, 3.63) is 78.4 Å². The van der Waals surface area contributed by atoms with Gasteiger partial charge in [0.25, 0.3) is 10.0 Å². The number of anilines is 3. The number of ether oxygens (including phenoxy) is 1. The van der Waals surface area contributed by atoms with E-state index in [1.807, 2.05) is 50.2 Å². The number of hydrogen-bond donors (Lipinski definition) is 2. The molecule has 0 spiro atoms. The van der Waals surface area contributed by atoms with Crippen LogP contribution in [-0.4, -0.2) is 15.0 Å². The summed E-state index contributed by atoms with van der Waals surface area (Å²) in [6.07, 6.45) is 0. The van der Waals surface area contributed by atoms with Gasteiger partial charge in [0.1, 0.15) is 5.75 Å². The van der Waals surface area contributed by atoms with Crippen molar-refractivity contribution in [1.29, 1.82) is 0 Å². The van der Waals surface area contributed by atoms with E-state index in [0.717, 1.165) is 22.7 Å². The van der Waals surface area contributed by atoms with Gasteiger partial charge in [0.2, 0.25) is 0 Å². The van der Waals surface area contributed by atoms with Gasteiger partial charge in [0.15, 0.2) is 0 Å². The molecule has 0 aliphatic heterocycles. The summed E-state index contributed by atoms with van der Waals surface area (Å²) in [7, 11) is -3.60. The second kappa shape index (κ2) is 8.14. The summed E-state index contributed by atoms with van der Waals surface area (Å²) in [6.45, 7) is 4.49. The molecule has 0 saturated heterocycles. The lowest BCUT2D eigenvalue weighted by Gasteiger charge is -2.11. The molecule has 0 saturated carbocycles. The molecule has 3 rings (SSSR count). The van der Waals surface area contributed by atoms with Crippen molar-refractivity contribution in [2.24, 2.45) is 0 Å². The van der Waals surface area contributed by atoms with Gasteiger partial charge in [0, 0.05) is 17.1 Å². The third-order valence-electron chi connectivity index (χ3n) is 3.92. The fourth-order valence-corrected chi connectivity index (χ4v) is 3.58. The number of rotatable bonds is 7. The third-order valence-corrected chi connectivity index (χ3v) is 5.32. The Bertz CT molecular complexity index is 981. The molecule has 0 heterocycles. The van der Waals surface area contributed by atoms with E-state index in [2.05, 4.69) is 10.0 Å². The standard InChI is InChI=1S/C21H22N2O3S/c1-3-26-20-12-10-18(11-13-20)22-17-6-8-19(9-7-17)23-27(24,25)21-14-4-16(2)5-15-21/h4-15,22-23H,3H2,1-2H3. The lowest BCUT2D eigenvalue weighted by Crippen LogP contribution is -2.12. The number of benzene rings is 3. The van der Waals surface area contributed by atoms with Crippen LogP contribution >= 0.6 is 0 Å². The first-order chi connectivity index (χ1) is 13.0. The Morgan fingerprint density at radius 2 is 1.30 bits per heavy atom. The Morgan fingerprint density at radius 1 is 0.778 bits per heavy atom. The molecule has 0 fully saturated rings. The van der Waals surface area contributed by atoms with Crippen molar-refractivity contribution in [3.63, 3.8) is 0 Å². The predicted octanol–water partition coefficient (Wildman–Crippen LogP) is 4.94. The topological polar surface area (TPSA) is 67.4 Å². The van der Waals surface area contributed by atoms with Gasteiger partial charge in [-0.15, -0.1) is 0 Å². The minimum Gasteiger partial charge on any atom is -0.494 e. The molecule has 0 aliphatic carbocycles. The van der Waals surface area contributed by atoms with E-state index in [1.165, 1.54) is 0 Å². The van der Waals surface area contributed by atoms with E-state index in [0.29, 0.717) is 12.3 Å². The third kappa shape index (κ3) is 5.01. The van der Waals surface area contributed by atoms with Crippen molar-refractivity contribution in [3.8, 4) is 5.75 Å². The van der Waals surface area contributed by atoms with Crippen LogP contribution in [-0.2, 0) is 10.0 Å². The lowest BCUT2D eigenvalue weighted by molar-refractivity contribution is 0.340. The second-order valence-corrected chi connectivity index (χ2v) is 7.76. The highest BCUT2D eigenvalue weighted by Crippen LogP contribution is 2.23. The zero-order valence-corrected chi connectivity index (χ0v) is 16.1. The number of aryl methyl sites for hydroxylation is 1. The van der Waals surface area contributed by atoms with Crippen LogP contribution in [0.15, 0.2) is 77.7 Å². The summed E-state index contributed by atoms with van der Waals surface area (Å²) in [5, 5.41) is 3.27. The maximum atomic E-state index is 12.4. The maximum absolute atomic E-state index is 12.4. The van der Waals surface area contributed by atoms with Gasteiger partial charge in [0.05, 0.1) is 11.5 Å². The van der Waals surface area contributed by atoms with E-state index in [-0.39, 0.29) is 4.90 Å². The van der Waals surface area contributed by atoms with Crippen LogP contribution in [0.5, 0.6) is 5.75 Å². The molecule has 0 bridgehead atoms. The van der Waals surface area contributed by atoms with Gasteiger partial charge in [-0.25, -0.2) is 8.42 Å². The zero-order chi connectivity index (χ0) is 19.3. The summed E-state index contributed by atoms with van der Waals surface area (Å²) in [5.41, 5.74) is 3.30. The van der Waals surface area contributed by atoms with Crippen LogP contribution in [0, 0.1) is 6.92 Å². The van der Waals surface area contributed by atoms with E-state index < -0.39 is 10.0 Å². The quantitative estimate of drug-likeness (QED) is 0.607. The van der Waals surface area contributed by atoms with Crippen LogP contribution in [0.3, 0.4) is 0 Å². The van der Waals surface area contributed by atoms with Gasteiger partial charge in [-0.2, -0.15) is 0 Å².